The van der Waals surface area contributed by atoms with Gasteiger partial charge in [0.15, 0.2) is 17.5 Å². The highest BCUT2D eigenvalue weighted by atomic mass is 19.2. The van der Waals surface area contributed by atoms with E-state index in [1.165, 1.54) is 25.7 Å². The number of hydrogen-bond acceptors (Lipinski definition) is 2. The SMILES string of the molecule is CCCCCCCCCc1ccc(-c2ncc(CCCCCC(C)F)cn2)c(F)c1F. The lowest BCUT2D eigenvalue weighted by Crippen LogP contribution is -2.00. The minimum Gasteiger partial charge on any atom is -0.248 e. The molecule has 0 saturated heterocycles. The second-order valence-corrected chi connectivity index (χ2v) is 8.57. The van der Waals surface area contributed by atoms with Crippen LogP contribution in [0.15, 0.2) is 24.5 Å². The highest BCUT2D eigenvalue weighted by Crippen LogP contribution is 2.25. The van der Waals surface area contributed by atoms with E-state index in [9.17, 15) is 13.2 Å². The summed E-state index contributed by atoms with van der Waals surface area (Å²) in [5.74, 6) is -1.44. The van der Waals surface area contributed by atoms with Crippen LogP contribution >= 0.6 is 0 Å². The summed E-state index contributed by atoms with van der Waals surface area (Å²) in [6, 6.07) is 3.25. The van der Waals surface area contributed by atoms with Gasteiger partial charge in [-0.1, -0.05) is 64.4 Å². The number of benzene rings is 1. The molecule has 0 saturated carbocycles. The molecule has 1 aromatic heterocycles. The summed E-state index contributed by atoms with van der Waals surface area (Å²) < 4.78 is 42.0. The van der Waals surface area contributed by atoms with Gasteiger partial charge in [-0.15, -0.1) is 0 Å². The minimum absolute atomic E-state index is 0.101. The van der Waals surface area contributed by atoms with E-state index >= 15 is 0 Å². The zero-order chi connectivity index (χ0) is 22.5. The molecule has 0 radical (unpaired) electrons. The lowest BCUT2D eigenvalue weighted by atomic mass is 10.0. The van der Waals surface area contributed by atoms with Crippen molar-refractivity contribution in [3.05, 3.63) is 47.3 Å². The number of alkyl halides is 1. The average Bonchev–Trinajstić information content (AvgIpc) is 2.76. The third-order valence-electron chi connectivity index (χ3n) is 5.73. The highest BCUT2D eigenvalue weighted by molar-refractivity contribution is 5.56. The Hall–Kier alpha value is -1.91. The van der Waals surface area contributed by atoms with Gasteiger partial charge in [0, 0.05) is 12.4 Å². The third kappa shape index (κ3) is 9.00. The Balaban J connectivity index is 1.85. The molecule has 0 amide bonds. The van der Waals surface area contributed by atoms with E-state index in [1.807, 2.05) is 0 Å². The Labute approximate surface area is 185 Å². The van der Waals surface area contributed by atoms with Gasteiger partial charge >= 0.3 is 0 Å². The summed E-state index contributed by atoms with van der Waals surface area (Å²) in [5, 5.41) is 0. The van der Waals surface area contributed by atoms with Crippen LogP contribution in [0.25, 0.3) is 11.4 Å². The van der Waals surface area contributed by atoms with Crippen LogP contribution in [0.4, 0.5) is 13.2 Å². The summed E-state index contributed by atoms with van der Waals surface area (Å²) in [7, 11) is 0. The van der Waals surface area contributed by atoms with Crippen molar-refractivity contribution < 1.29 is 13.2 Å². The first kappa shape index (κ1) is 25.4. The predicted octanol–water partition coefficient (Wildman–Crippen LogP) is 8.18. The largest absolute Gasteiger partial charge is 0.248 e. The normalized spacial score (nSPS) is 12.3. The Bertz CT molecular complexity index is 760. The molecule has 1 atom stereocenters. The number of unbranched alkanes of at least 4 members (excludes halogenated alkanes) is 8. The molecule has 0 aliphatic heterocycles. The fourth-order valence-corrected chi connectivity index (χ4v) is 3.78. The average molecular weight is 435 g/mol. The van der Waals surface area contributed by atoms with E-state index in [-0.39, 0.29) is 11.4 Å². The van der Waals surface area contributed by atoms with E-state index in [0.717, 1.165) is 50.5 Å². The van der Waals surface area contributed by atoms with Crippen molar-refractivity contribution in [2.45, 2.75) is 103 Å². The summed E-state index contributed by atoms with van der Waals surface area (Å²) in [6.45, 7) is 3.77. The van der Waals surface area contributed by atoms with E-state index in [0.29, 0.717) is 18.4 Å². The molecule has 0 aliphatic carbocycles. The molecule has 2 nitrogen and oxygen atoms in total. The van der Waals surface area contributed by atoms with Crippen LogP contribution in [0.3, 0.4) is 0 Å². The quantitative estimate of drug-likeness (QED) is 0.264. The minimum atomic E-state index is -0.867. The number of rotatable bonds is 15. The Morgan fingerprint density at radius 1 is 0.774 bits per heavy atom. The van der Waals surface area contributed by atoms with Crippen LogP contribution in [-0.4, -0.2) is 16.1 Å². The van der Waals surface area contributed by atoms with Gasteiger partial charge in [-0.25, -0.2) is 23.1 Å². The van der Waals surface area contributed by atoms with Crippen molar-refractivity contribution in [3.8, 4) is 11.4 Å². The van der Waals surface area contributed by atoms with Gasteiger partial charge in [-0.3, -0.25) is 0 Å². The van der Waals surface area contributed by atoms with Crippen LogP contribution in [0.2, 0.25) is 0 Å². The van der Waals surface area contributed by atoms with Crippen molar-refractivity contribution in [3.63, 3.8) is 0 Å². The first-order valence-electron chi connectivity index (χ1n) is 11.9. The third-order valence-corrected chi connectivity index (χ3v) is 5.73. The van der Waals surface area contributed by atoms with Gasteiger partial charge in [0.25, 0.3) is 0 Å². The van der Waals surface area contributed by atoms with Gasteiger partial charge in [-0.05, 0) is 56.2 Å². The summed E-state index contributed by atoms with van der Waals surface area (Å²) in [6.07, 6.45) is 15.3. The molecule has 0 bridgehead atoms. The van der Waals surface area contributed by atoms with Crippen LogP contribution in [0, 0.1) is 11.6 Å². The van der Waals surface area contributed by atoms with Gasteiger partial charge in [-0.2, -0.15) is 0 Å². The molecule has 2 aromatic rings. The maximum absolute atomic E-state index is 14.6. The summed E-state index contributed by atoms with van der Waals surface area (Å²) in [4.78, 5) is 8.48. The van der Waals surface area contributed by atoms with Gasteiger partial charge in [0.05, 0.1) is 11.7 Å². The molecule has 0 fully saturated rings. The molecule has 0 spiro atoms. The first-order valence-corrected chi connectivity index (χ1v) is 11.9. The predicted molar refractivity (Wildman–Crippen MR) is 122 cm³/mol. The van der Waals surface area contributed by atoms with Crippen LogP contribution < -0.4 is 0 Å². The lowest BCUT2D eigenvalue weighted by Gasteiger charge is -2.09. The Morgan fingerprint density at radius 2 is 1.39 bits per heavy atom. The molecule has 1 aromatic carbocycles. The molecule has 31 heavy (non-hydrogen) atoms. The fraction of sp³-hybridized carbons (Fsp3) is 0.615. The van der Waals surface area contributed by atoms with E-state index in [4.69, 9.17) is 0 Å². The van der Waals surface area contributed by atoms with Crippen LogP contribution in [0.5, 0.6) is 0 Å². The van der Waals surface area contributed by atoms with Gasteiger partial charge in [0.1, 0.15) is 0 Å². The topological polar surface area (TPSA) is 25.8 Å². The summed E-state index contributed by atoms with van der Waals surface area (Å²) >= 11 is 0. The Morgan fingerprint density at radius 3 is 2.06 bits per heavy atom. The number of hydrogen-bond donors (Lipinski definition) is 0. The van der Waals surface area contributed by atoms with Crippen molar-refractivity contribution in [2.75, 3.05) is 0 Å². The molecule has 5 heteroatoms. The number of halogens is 3. The van der Waals surface area contributed by atoms with Crippen LogP contribution in [-0.2, 0) is 12.8 Å². The molecule has 2 rings (SSSR count). The van der Waals surface area contributed by atoms with E-state index in [1.54, 1.807) is 31.5 Å². The molecule has 0 N–H and O–H groups in total. The zero-order valence-electron chi connectivity index (χ0n) is 19.1. The summed E-state index contributed by atoms with van der Waals surface area (Å²) in [5.41, 5.74) is 1.48. The smallest absolute Gasteiger partial charge is 0.170 e. The molecular weight excluding hydrogens is 397 g/mol. The second-order valence-electron chi connectivity index (χ2n) is 8.57. The second kappa shape index (κ2) is 14.2. The molecule has 172 valence electrons. The van der Waals surface area contributed by atoms with Crippen molar-refractivity contribution in [1.82, 2.24) is 9.97 Å². The fourth-order valence-electron chi connectivity index (χ4n) is 3.78. The number of aryl methyl sites for hydroxylation is 2. The van der Waals surface area contributed by atoms with Crippen molar-refractivity contribution in [2.24, 2.45) is 0 Å². The highest BCUT2D eigenvalue weighted by Gasteiger charge is 2.16. The zero-order valence-corrected chi connectivity index (χ0v) is 19.1. The van der Waals surface area contributed by atoms with E-state index in [2.05, 4.69) is 16.9 Å². The first-order chi connectivity index (χ1) is 15.0. The molecule has 1 unspecified atom stereocenters. The Kier molecular flexibility index (Phi) is 11.6. The maximum Gasteiger partial charge on any atom is 0.170 e. The lowest BCUT2D eigenvalue weighted by molar-refractivity contribution is 0.330. The van der Waals surface area contributed by atoms with Crippen molar-refractivity contribution >= 4 is 0 Å². The van der Waals surface area contributed by atoms with Gasteiger partial charge in [0.2, 0.25) is 0 Å². The number of aromatic nitrogens is 2. The monoisotopic (exact) mass is 434 g/mol. The molecular formula is C26H37F3N2. The van der Waals surface area contributed by atoms with Crippen LogP contribution in [0.1, 0.15) is 95.6 Å². The number of nitrogens with zero attached hydrogens (tertiary/aromatic N) is 2. The van der Waals surface area contributed by atoms with Gasteiger partial charge < -0.3 is 0 Å². The van der Waals surface area contributed by atoms with Crippen molar-refractivity contribution in [1.29, 1.82) is 0 Å². The standard InChI is InChI=1S/C26H37F3N2/c1-3-4-5-6-7-8-12-15-22-16-17-23(25(29)24(22)28)26-30-18-21(19-31-26)14-11-9-10-13-20(2)27/h16-20H,3-15H2,1-2H3. The molecule has 0 aliphatic rings. The van der Waals surface area contributed by atoms with E-state index < -0.39 is 17.8 Å². The maximum atomic E-state index is 14.6. The molecule has 1 heterocycles.